The highest BCUT2D eigenvalue weighted by Crippen LogP contribution is 2.54. The maximum atomic E-state index is 13.8. The fourth-order valence-corrected chi connectivity index (χ4v) is 4.46. The second kappa shape index (κ2) is 10.7. The molecule has 0 heterocycles. The highest BCUT2D eigenvalue weighted by molar-refractivity contribution is 7.49. The molecule has 0 aromatic heterocycles. The van der Waals surface area contributed by atoms with E-state index >= 15 is 0 Å². The van der Waals surface area contributed by atoms with Gasteiger partial charge in [-0.1, -0.05) is 43.3 Å². The number of phosphoric acid groups is 1. The molecule has 0 bridgehead atoms. The van der Waals surface area contributed by atoms with Gasteiger partial charge in [-0.15, -0.1) is 0 Å². The lowest BCUT2D eigenvalue weighted by atomic mass is 10.0. The number of phosphoric ester groups is 1. The van der Waals surface area contributed by atoms with Crippen molar-refractivity contribution in [3.63, 3.8) is 0 Å². The maximum absolute atomic E-state index is 13.8. The fourth-order valence-electron chi connectivity index (χ4n) is 3.03. The van der Waals surface area contributed by atoms with Crippen molar-refractivity contribution in [1.82, 2.24) is 0 Å². The Hall–Kier alpha value is -3.75. The molecule has 3 aromatic carbocycles. The fraction of sp³-hybridized carbons (Fsp3) is 0.182. The van der Waals surface area contributed by atoms with Crippen LogP contribution in [-0.4, -0.2) is 15.9 Å². The third-order valence-electron chi connectivity index (χ3n) is 4.63. The van der Waals surface area contributed by atoms with E-state index in [-0.39, 0.29) is 29.2 Å². The Morgan fingerprint density at radius 2 is 1.30 bits per heavy atom. The largest absolute Gasteiger partial charge is 0.588 e. The van der Waals surface area contributed by atoms with Gasteiger partial charge in [-0.25, -0.2) is 4.57 Å². The van der Waals surface area contributed by atoms with Crippen LogP contribution in [0.1, 0.15) is 25.0 Å². The van der Waals surface area contributed by atoms with Gasteiger partial charge in [0.1, 0.15) is 11.5 Å². The van der Waals surface area contributed by atoms with Crippen molar-refractivity contribution in [3.8, 4) is 11.5 Å². The summed E-state index contributed by atoms with van der Waals surface area (Å²) >= 11 is 0. The summed E-state index contributed by atoms with van der Waals surface area (Å²) in [5.41, 5.74) is 0.0219. The quantitative estimate of drug-likeness (QED) is 0.189. The molecule has 0 aliphatic heterocycles. The van der Waals surface area contributed by atoms with Crippen LogP contribution in [0.5, 0.6) is 11.5 Å². The molecule has 0 unspecified atom stereocenters. The topological polar surface area (TPSA) is 131 Å². The van der Waals surface area contributed by atoms with Crippen molar-refractivity contribution in [2.75, 3.05) is 0 Å². The van der Waals surface area contributed by atoms with Crippen LogP contribution in [0.3, 0.4) is 0 Å². The highest BCUT2D eigenvalue weighted by atomic mass is 31.2. The lowest BCUT2D eigenvalue weighted by Crippen LogP contribution is -2.29. The minimum atomic E-state index is -4.46. The smallest absolute Gasteiger partial charge is 0.395 e. The number of nitro benzene ring substituents is 1. The summed E-state index contributed by atoms with van der Waals surface area (Å²) in [6.45, 7) is 1.58. The number of non-ortho nitro benzene ring substituents is 1. The molecule has 11 heteroatoms. The third kappa shape index (κ3) is 6.38. The van der Waals surface area contributed by atoms with Crippen molar-refractivity contribution < 1.29 is 28.0 Å². The van der Waals surface area contributed by atoms with Crippen LogP contribution in [0.4, 0.5) is 5.69 Å². The van der Waals surface area contributed by atoms with Gasteiger partial charge in [0.05, 0.1) is 4.92 Å². The van der Waals surface area contributed by atoms with Gasteiger partial charge in [0.2, 0.25) is 6.04 Å². The second-order valence-electron chi connectivity index (χ2n) is 6.89. The molecule has 0 N–H and O–H groups in total. The predicted octanol–water partition coefficient (Wildman–Crippen LogP) is 5.97. The number of nitro groups is 2. The van der Waals surface area contributed by atoms with Gasteiger partial charge in [-0.3, -0.25) is 24.8 Å². The van der Waals surface area contributed by atoms with E-state index in [0.717, 1.165) is 0 Å². The summed E-state index contributed by atoms with van der Waals surface area (Å²) in [4.78, 5) is 21.6. The monoisotopic (exact) mass is 472 g/mol. The number of hydrogen-bond acceptors (Lipinski definition) is 8. The van der Waals surface area contributed by atoms with Gasteiger partial charge in [0.15, 0.2) is 6.10 Å². The number of hydrogen-bond donors (Lipinski definition) is 0. The first kappa shape index (κ1) is 23.9. The molecule has 3 rings (SSSR count). The van der Waals surface area contributed by atoms with E-state index in [1.54, 1.807) is 43.3 Å². The zero-order chi connectivity index (χ0) is 23.8. The maximum Gasteiger partial charge on any atom is 0.588 e. The molecule has 0 saturated carbocycles. The molecule has 33 heavy (non-hydrogen) atoms. The molecule has 10 nitrogen and oxygen atoms in total. The highest BCUT2D eigenvalue weighted by Gasteiger charge is 2.42. The number of para-hydroxylation sites is 2. The number of rotatable bonds is 11. The molecule has 0 aliphatic carbocycles. The molecule has 172 valence electrons. The van der Waals surface area contributed by atoms with Crippen molar-refractivity contribution in [3.05, 3.63) is 111 Å². The van der Waals surface area contributed by atoms with Gasteiger partial charge >= 0.3 is 7.82 Å². The SMILES string of the molecule is CC[C@H]([C@H](OP(=O)(Oc1ccccc1)Oc1ccccc1)c1ccc([N+](=O)[O-])cc1)[N+](=O)[O-]. The zero-order valence-electron chi connectivity index (χ0n) is 17.6. The van der Waals surface area contributed by atoms with E-state index in [2.05, 4.69) is 0 Å². The minimum Gasteiger partial charge on any atom is -0.395 e. The lowest BCUT2D eigenvalue weighted by molar-refractivity contribution is -0.535. The van der Waals surface area contributed by atoms with Crippen LogP contribution in [0.15, 0.2) is 84.9 Å². The number of nitrogens with zero attached hydrogens (tertiary/aromatic N) is 2. The van der Waals surface area contributed by atoms with Crippen LogP contribution >= 0.6 is 7.82 Å². The third-order valence-corrected chi connectivity index (χ3v) is 5.99. The Balaban J connectivity index is 2.02. The lowest BCUT2D eigenvalue weighted by Gasteiger charge is -2.26. The molecule has 3 aromatic rings. The standard InChI is InChI=1S/C22H21N2O8P/c1-2-21(24(27)28)22(17-13-15-18(16-14-17)23(25)26)32-33(29,30-19-9-5-3-6-10-19)31-20-11-7-4-8-12-20/h3-16,21-22H,2H2,1H3/t21-,22-/m1/s1. The normalized spacial score (nSPS) is 13.0. The first-order chi connectivity index (χ1) is 15.8. The van der Waals surface area contributed by atoms with Crippen LogP contribution in [0.25, 0.3) is 0 Å². The van der Waals surface area contributed by atoms with Crippen molar-refractivity contribution >= 4 is 13.5 Å². The van der Waals surface area contributed by atoms with E-state index < -0.39 is 29.8 Å². The van der Waals surface area contributed by atoms with E-state index in [1.807, 2.05) is 0 Å². The molecule has 0 fully saturated rings. The Morgan fingerprint density at radius 3 is 1.70 bits per heavy atom. The zero-order valence-corrected chi connectivity index (χ0v) is 18.4. The van der Waals surface area contributed by atoms with Gasteiger partial charge < -0.3 is 9.05 Å². The summed E-state index contributed by atoms with van der Waals surface area (Å²) in [6.07, 6.45) is -1.34. The van der Waals surface area contributed by atoms with E-state index in [0.29, 0.717) is 0 Å². The first-order valence-electron chi connectivity index (χ1n) is 9.97. The van der Waals surface area contributed by atoms with E-state index in [1.165, 1.54) is 48.5 Å². The van der Waals surface area contributed by atoms with Gasteiger partial charge in [-0.05, 0) is 42.0 Å². The molecule has 2 atom stereocenters. The van der Waals surface area contributed by atoms with Crippen LogP contribution < -0.4 is 9.05 Å². The summed E-state index contributed by atoms with van der Waals surface area (Å²) in [7, 11) is -4.46. The average molecular weight is 472 g/mol. The van der Waals surface area contributed by atoms with Crippen LogP contribution in [0, 0.1) is 20.2 Å². The number of benzene rings is 3. The summed E-state index contributed by atoms with van der Waals surface area (Å²) < 4.78 is 30.7. The first-order valence-corrected chi connectivity index (χ1v) is 11.4. The van der Waals surface area contributed by atoms with Crippen LogP contribution in [0.2, 0.25) is 0 Å². The van der Waals surface area contributed by atoms with Gasteiger partial charge in [0.25, 0.3) is 5.69 Å². The minimum absolute atomic E-state index is 0.0331. The molecule has 0 amide bonds. The molecule has 0 spiro atoms. The Morgan fingerprint density at radius 1 is 0.818 bits per heavy atom. The van der Waals surface area contributed by atoms with E-state index in [9.17, 15) is 24.8 Å². The predicted molar refractivity (Wildman–Crippen MR) is 120 cm³/mol. The molecule has 0 radical (unpaired) electrons. The van der Waals surface area contributed by atoms with Crippen LogP contribution in [-0.2, 0) is 9.09 Å². The average Bonchev–Trinajstić information content (AvgIpc) is 2.80. The molecule has 0 aliphatic rings. The van der Waals surface area contributed by atoms with Crippen molar-refractivity contribution in [2.45, 2.75) is 25.5 Å². The Kier molecular flexibility index (Phi) is 7.76. The van der Waals surface area contributed by atoms with Gasteiger partial charge in [0, 0.05) is 23.5 Å². The molecular formula is C22H21N2O8P. The summed E-state index contributed by atoms with van der Waals surface area (Å²) in [5.74, 6) is 0.349. The Bertz CT molecular complexity index is 1080. The van der Waals surface area contributed by atoms with Crippen molar-refractivity contribution in [2.24, 2.45) is 0 Å². The molecular weight excluding hydrogens is 451 g/mol. The van der Waals surface area contributed by atoms with Gasteiger partial charge in [-0.2, -0.15) is 0 Å². The van der Waals surface area contributed by atoms with E-state index in [4.69, 9.17) is 13.6 Å². The molecule has 0 saturated heterocycles. The second-order valence-corrected chi connectivity index (χ2v) is 8.36. The Labute approximate surface area is 189 Å². The van der Waals surface area contributed by atoms with Crippen molar-refractivity contribution in [1.29, 1.82) is 0 Å². The summed E-state index contributed by atoms with van der Waals surface area (Å²) in [6, 6.07) is 19.9. The summed E-state index contributed by atoms with van der Waals surface area (Å²) in [5, 5.41) is 22.8.